The SMILES string of the molecule is COc1cncc(OC2CCN(S(=O)(=O)CC34CCC(CC3=O)C4(C)C)C2)n1. The number of carbonyl (C=O) groups excluding carboxylic acids is 1. The van der Waals surface area contributed by atoms with E-state index in [1.165, 1.54) is 23.8 Å². The summed E-state index contributed by atoms with van der Waals surface area (Å²) in [7, 11) is -2.06. The number of carbonyl (C=O) groups is 1. The van der Waals surface area contributed by atoms with Gasteiger partial charge in [-0.25, -0.2) is 8.42 Å². The number of rotatable bonds is 6. The minimum atomic E-state index is -3.56. The Labute approximate surface area is 165 Å². The van der Waals surface area contributed by atoms with E-state index in [4.69, 9.17) is 9.47 Å². The standard InChI is InChI=1S/C19H27N3O5S/c1-18(2)13-4-6-19(18,15(23)8-13)12-28(24,25)22-7-5-14(11-22)27-17-10-20-9-16(21-17)26-3/h9-10,13-14H,4-8,11-12H2,1-3H3. The van der Waals surface area contributed by atoms with Crippen LogP contribution in [0.2, 0.25) is 0 Å². The fourth-order valence-corrected chi connectivity index (χ4v) is 7.47. The van der Waals surface area contributed by atoms with Crippen molar-refractivity contribution in [3.8, 4) is 11.8 Å². The highest BCUT2D eigenvalue weighted by molar-refractivity contribution is 7.89. The zero-order chi connectivity index (χ0) is 20.2. The van der Waals surface area contributed by atoms with Crippen LogP contribution in [0.15, 0.2) is 12.4 Å². The van der Waals surface area contributed by atoms with E-state index in [-0.39, 0.29) is 29.6 Å². The van der Waals surface area contributed by atoms with Gasteiger partial charge in [-0.05, 0) is 30.6 Å². The predicted molar refractivity (Wildman–Crippen MR) is 102 cm³/mol. The molecule has 2 bridgehead atoms. The van der Waals surface area contributed by atoms with E-state index in [9.17, 15) is 13.2 Å². The first-order valence-corrected chi connectivity index (χ1v) is 11.3. The van der Waals surface area contributed by atoms with Gasteiger partial charge in [-0.1, -0.05) is 13.8 Å². The topological polar surface area (TPSA) is 98.7 Å². The summed E-state index contributed by atoms with van der Waals surface area (Å²) in [6.07, 6.45) is 5.37. The second kappa shape index (κ2) is 6.66. The molecule has 3 aliphatic rings. The van der Waals surface area contributed by atoms with Gasteiger partial charge < -0.3 is 9.47 Å². The summed E-state index contributed by atoms with van der Waals surface area (Å²) in [5.41, 5.74) is -1.00. The van der Waals surface area contributed by atoms with Crippen LogP contribution in [0.1, 0.15) is 39.5 Å². The molecule has 1 aromatic rings. The van der Waals surface area contributed by atoms with Gasteiger partial charge in [0.05, 0.1) is 31.8 Å². The molecule has 0 aromatic carbocycles. The molecule has 8 nitrogen and oxygen atoms in total. The third kappa shape index (κ3) is 2.99. The number of nitrogens with zero attached hydrogens (tertiary/aromatic N) is 3. The molecule has 3 atom stereocenters. The lowest BCUT2D eigenvalue weighted by Crippen LogP contribution is -2.46. The Balaban J connectivity index is 1.45. The first kappa shape index (κ1) is 19.6. The average molecular weight is 410 g/mol. The van der Waals surface area contributed by atoms with Crippen LogP contribution >= 0.6 is 0 Å². The Morgan fingerprint density at radius 2 is 2.00 bits per heavy atom. The molecule has 0 amide bonds. The van der Waals surface area contributed by atoms with Crippen LogP contribution in [0, 0.1) is 16.7 Å². The fourth-order valence-electron chi connectivity index (χ4n) is 5.21. The molecule has 3 unspecified atom stereocenters. The molecule has 2 aliphatic carbocycles. The van der Waals surface area contributed by atoms with E-state index in [1.807, 2.05) is 0 Å². The Hall–Kier alpha value is -1.74. The molecule has 4 rings (SSSR count). The van der Waals surface area contributed by atoms with Crippen molar-refractivity contribution in [3.63, 3.8) is 0 Å². The van der Waals surface area contributed by atoms with Crippen molar-refractivity contribution in [2.24, 2.45) is 16.7 Å². The van der Waals surface area contributed by atoms with Gasteiger partial charge in [-0.2, -0.15) is 9.29 Å². The molecule has 2 saturated carbocycles. The number of hydrogen-bond donors (Lipinski definition) is 0. The second-order valence-corrected chi connectivity index (χ2v) is 10.7. The lowest BCUT2D eigenvalue weighted by atomic mass is 9.70. The van der Waals surface area contributed by atoms with Crippen LogP contribution in [0.4, 0.5) is 0 Å². The van der Waals surface area contributed by atoms with Gasteiger partial charge in [-0.15, -0.1) is 0 Å². The number of ether oxygens (including phenoxy) is 2. The van der Waals surface area contributed by atoms with E-state index in [1.54, 1.807) is 0 Å². The largest absolute Gasteiger partial charge is 0.480 e. The quantitative estimate of drug-likeness (QED) is 0.705. The van der Waals surface area contributed by atoms with Gasteiger partial charge in [0.2, 0.25) is 21.8 Å². The van der Waals surface area contributed by atoms with Crippen LogP contribution in [0.3, 0.4) is 0 Å². The van der Waals surface area contributed by atoms with E-state index < -0.39 is 15.4 Å². The predicted octanol–water partition coefficient (Wildman–Crippen LogP) is 1.66. The molecule has 0 spiro atoms. The van der Waals surface area contributed by atoms with Gasteiger partial charge >= 0.3 is 0 Å². The maximum atomic E-state index is 13.2. The molecule has 3 fully saturated rings. The Morgan fingerprint density at radius 1 is 1.25 bits per heavy atom. The zero-order valence-corrected chi connectivity index (χ0v) is 17.4. The minimum Gasteiger partial charge on any atom is -0.480 e. The molecule has 0 N–H and O–H groups in total. The highest BCUT2D eigenvalue weighted by Crippen LogP contribution is 2.64. The number of ketones is 1. The maximum absolute atomic E-state index is 13.2. The smallest absolute Gasteiger partial charge is 0.235 e. The Bertz CT molecular complexity index is 887. The van der Waals surface area contributed by atoms with Gasteiger partial charge in [-0.3, -0.25) is 9.78 Å². The molecule has 1 saturated heterocycles. The number of aromatic nitrogens is 2. The van der Waals surface area contributed by atoms with Gasteiger partial charge in [0.1, 0.15) is 11.9 Å². The van der Waals surface area contributed by atoms with Crippen molar-refractivity contribution in [1.29, 1.82) is 0 Å². The zero-order valence-electron chi connectivity index (χ0n) is 16.6. The summed E-state index contributed by atoms with van der Waals surface area (Å²) >= 11 is 0. The fraction of sp³-hybridized carbons (Fsp3) is 0.737. The average Bonchev–Trinajstić information content (AvgIpc) is 3.25. The minimum absolute atomic E-state index is 0.0893. The summed E-state index contributed by atoms with van der Waals surface area (Å²) < 4.78 is 38.7. The molecule has 154 valence electrons. The van der Waals surface area contributed by atoms with Gasteiger partial charge in [0.25, 0.3) is 0 Å². The highest BCUT2D eigenvalue weighted by Gasteiger charge is 2.65. The van der Waals surface area contributed by atoms with Crippen molar-refractivity contribution in [3.05, 3.63) is 12.4 Å². The third-order valence-electron chi connectivity index (χ3n) is 7.16. The van der Waals surface area contributed by atoms with Gasteiger partial charge in [0, 0.05) is 18.4 Å². The van der Waals surface area contributed by atoms with Crippen LogP contribution < -0.4 is 9.47 Å². The van der Waals surface area contributed by atoms with Gasteiger partial charge in [0.15, 0.2) is 0 Å². The van der Waals surface area contributed by atoms with E-state index in [0.717, 1.165) is 6.42 Å². The molecule has 1 aromatic heterocycles. The van der Waals surface area contributed by atoms with E-state index in [2.05, 4.69) is 23.8 Å². The highest BCUT2D eigenvalue weighted by atomic mass is 32.2. The normalized spacial score (nSPS) is 32.0. The summed E-state index contributed by atoms with van der Waals surface area (Å²) in [5.74, 6) is 0.992. The molecule has 28 heavy (non-hydrogen) atoms. The lowest BCUT2D eigenvalue weighted by molar-refractivity contribution is -0.128. The summed E-state index contributed by atoms with van der Waals surface area (Å²) in [4.78, 5) is 20.9. The molecule has 2 heterocycles. The maximum Gasteiger partial charge on any atom is 0.235 e. The van der Waals surface area contributed by atoms with Crippen LogP contribution in [-0.2, 0) is 14.8 Å². The molecule has 0 radical (unpaired) electrons. The molecule has 9 heteroatoms. The molecular formula is C19H27N3O5S. The van der Waals surface area contributed by atoms with E-state index in [0.29, 0.717) is 43.5 Å². The number of methoxy groups -OCH3 is 1. The summed E-state index contributed by atoms with van der Waals surface area (Å²) in [6, 6.07) is 0. The van der Waals surface area contributed by atoms with Crippen molar-refractivity contribution in [2.45, 2.75) is 45.6 Å². The van der Waals surface area contributed by atoms with E-state index >= 15 is 0 Å². The molecule has 1 aliphatic heterocycles. The first-order valence-electron chi connectivity index (χ1n) is 9.72. The van der Waals surface area contributed by atoms with Crippen molar-refractivity contribution in [1.82, 2.24) is 14.3 Å². The summed E-state index contributed by atoms with van der Waals surface area (Å²) in [5, 5.41) is 0. The second-order valence-electron chi connectivity index (χ2n) is 8.71. The van der Waals surface area contributed by atoms with Crippen LogP contribution in [0.5, 0.6) is 11.8 Å². The molecular weight excluding hydrogens is 382 g/mol. The number of hydrogen-bond acceptors (Lipinski definition) is 7. The number of fused-ring (bicyclic) bond motifs is 2. The van der Waals surface area contributed by atoms with Crippen molar-refractivity contribution < 1.29 is 22.7 Å². The monoisotopic (exact) mass is 409 g/mol. The Kier molecular flexibility index (Phi) is 4.65. The van der Waals surface area contributed by atoms with Crippen molar-refractivity contribution in [2.75, 3.05) is 26.0 Å². The first-order chi connectivity index (χ1) is 13.2. The lowest BCUT2D eigenvalue weighted by Gasteiger charge is -2.37. The van der Waals surface area contributed by atoms with Crippen LogP contribution in [0.25, 0.3) is 0 Å². The van der Waals surface area contributed by atoms with Crippen LogP contribution in [-0.4, -0.2) is 60.5 Å². The Morgan fingerprint density at radius 3 is 2.64 bits per heavy atom. The number of sulfonamides is 1. The third-order valence-corrected chi connectivity index (χ3v) is 9.13. The summed E-state index contributed by atoms with van der Waals surface area (Å²) in [6.45, 7) is 4.76. The number of Topliss-reactive ketones (excluding diaryl/α,β-unsaturated/α-hetero) is 1. The van der Waals surface area contributed by atoms with Crippen molar-refractivity contribution >= 4 is 15.8 Å².